The lowest BCUT2D eigenvalue weighted by molar-refractivity contribution is -0.167. The van der Waals surface area contributed by atoms with E-state index in [4.69, 9.17) is 14.2 Å². The molecular formula is C69H118O6. The van der Waals surface area contributed by atoms with E-state index in [1.165, 1.54) is 148 Å². The Balaban J connectivity index is 4.40. The van der Waals surface area contributed by atoms with Gasteiger partial charge in [0.2, 0.25) is 0 Å². The van der Waals surface area contributed by atoms with Crippen LogP contribution in [0.3, 0.4) is 0 Å². The summed E-state index contributed by atoms with van der Waals surface area (Å²) in [6.45, 7) is 6.52. The zero-order chi connectivity index (χ0) is 54.3. The molecule has 0 aromatic carbocycles. The molecule has 0 aliphatic heterocycles. The highest BCUT2D eigenvalue weighted by atomic mass is 16.6. The predicted molar refractivity (Wildman–Crippen MR) is 325 cm³/mol. The molecule has 0 aliphatic carbocycles. The van der Waals surface area contributed by atoms with Gasteiger partial charge in [-0.3, -0.25) is 14.4 Å². The summed E-state index contributed by atoms with van der Waals surface area (Å²) in [6.07, 6.45) is 84.0. The van der Waals surface area contributed by atoms with Crippen molar-refractivity contribution in [3.63, 3.8) is 0 Å². The molecule has 75 heavy (non-hydrogen) atoms. The number of esters is 3. The Kier molecular flexibility index (Phi) is 59.8. The van der Waals surface area contributed by atoms with Gasteiger partial charge < -0.3 is 14.2 Å². The minimum Gasteiger partial charge on any atom is -0.462 e. The van der Waals surface area contributed by atoms with Gasteiger partial charge in [0.05, 0.1) is 0 Å². The maximum atomic E-state index is 12.9. The van der Waals surface area contributed by atoms with E-state index in [9.17, 15) is 14.4 Å². The Morgan fingerprint density at radius 1 is 0.280 bits per heavy atom. The Bertz CT molecular complexity index is 1480. The molecule has 1 unspecified atom stereocenters. The molecule has 6 heteroatoms. The minimum absolute atomic E-state index is 0.0876. The molecule has 0 aliphatic rings. The van der Waals surface area contributed by atoms with Gasteiger partial charge in [0, 0.05) is 19.3 Å². The molecule has 0 saturated carbocycles. The number of carbonyl (C=O) groups excluding carboxylic acids is 3. The highest BCUT2D eigenvalue weighted by Gasteiger charge is 2.19. The summed E-state index contributed by atoms with van der Waals surface area (Å²) >= 11 is 0. The van der Waals surface area contributed by atoms with Crippen LogP contribution in [0.25, 0.3) is 0 Å². The number of ether oxygens (including phenoxy) is 3. The van der Waals surface area contributed by atoms with Crippen molar-refractivity contribution in [3.8, 4) is 0 Å². The molecule has 0 fully saturated rings. The quantitative estimate of drug-likeness (QED) is 0.0261. The number of allylic oxidation sites excluding steroid dienone is 16. The predicted octanol–water partition coefficient (Wildman–Crippen LogP) is 21.7. The minimum atomic E-state index is -0.791. The second-order valence-corrected chi connectivity index (χ2v) is 20.9. The molecule has 0 saturated heterocycles. The molecule has 0 bridgehead atoms. The second-order valence-electron chi connectivity index (χ2n) is 20.9. The van der Waals surface area contributed by atoms with Crippen LogP contribution in [0, 0.1) is 0 Å². The van der Waals surface area contributed by atoms with Crippen molar-refractivity contribution in [3.05, 3.63) is 97.2 Å². The molecular weight excluding hydrogens is 925 g/mol. The Morgan fingerprint density at radius 2 is 0.520 bits per heavy atom. The molecule has 0 heterocycles. The monoisotopic (exact) mass is 1040 g/mol. The van der Waals surface area contributed by atoms with E-state index in [1.54, 1.807) is 0 Å². The van der Waals surface area contributed by atoms with Crippen molar-refractivity contribution >= 4 is 17.9 Å². The summed E-state index contributed by atoms with van der Waals surface area (Å²) in [4.78, 5) is 38.3. The summed E-state index contributed by atoms with van der Waals surface area (Å²) < 4.78 is 16.9. The molecule has 1 atom stereocenters. The van der Waals surface area contributed by atoms with Gasteiger partial charge in [0.1, 0.15) is 13.2 Å². The van der Waals surface area contributed by atoms with Crippen LogP contribution in [-0.2, 0) is 28.6 Å². The second kappa shape index (κ2) is 62.9. The third kappa shape index (κ3) is 61.1. The first-order chi connectivity index (χ1) is 37.0. The van der Waals surface area contributed by atoms with Crippen molar-refractivity contribution in [2.24, 2.45) is 0 Å². The molecule has 0 N–H and O–H groups in total. The van der Waals surface area contributed by atoms with E-state index >= 15 is 0 Å². The first-order valence-corrected chi connectivity index (χ1v) is 31.7. The fraction of sp³-hybridized carbons (Fsp3) is 0.725. The average Bonchev–Trinajstić information content (AvgIpc) is 3.41. The first kappa shape index (κ1) is 71.3. The van der Waals surface area contributed by atoms with Gasteiger partial charge in [-0.25, -0.2) is 0 Å². The third-order valence-electron chi connectivity index (χ3n) is 13.5. The number of rotatable bonds is 57. The Morgan fingerprint density at radius 3 is 0.827 bits per heavy atom. The molecule has 0 rings (SSSR count). The van der Waals surface area contributed by atoms with Crippen LogP contribution < -0.4 is 0 Å². The molecule has 0 amide bonds. The molecule has 0 radical (unpaired) electrons. The van der Waals surface area contributed by atoms with Crippen LogP contribution in [-0.4, -0.2) is 37.2 Å². The van der Waals surface area contributed by atoms with Gasteiger partial charge in [-0.05, 0) is 122 Å². The molecule has 0 aromatic rings. The van der Waals surface area contributed by atoms with Gasteiger partial charge in [-0.2, -0.15) is 0 Å². The standard InChI is InChI=1S/C69H118O6/c1-4-7-10-13-16-19-22-25-28-30-31-32-33-34-35-36-37-39-41-44-47-50-53-56-59-62-68(71)74-65-66(64-73-67(70)61-58-55-52-49-46-43-40-27-24-21-18-15-12-9-6-3)75-69(72)63-60-57-54-51-48-45-42-38-29-26-23-20-17-14-11-8-5-2/h7,10,16,19,25-29,31-32,34-35,37,39-40,66H,4-6,8-9,11-15,17-18,20-24,30,33,36,38,41-65H2,1-3H3/b10-7-,19-16-,28-25-,29-26-,32-31-,35-34-,39-37-,40-27-. The van der Waals surface area contributed by atoms with Crippen molar-refractivity contribution in [1.82, 2.24) is 0 Å². The fourth-order valence-corrected chi connectivity index (χ4v) is 8.79. The van der Waals surface area contributed by atoms with Gasteiger partial charge in [0.25, 0.3) is 0 Å². The van der Waals surface area contributed by atoms with E-state index in [2.05, 4.69) is 118 Å². The summed E-state index contributed by atoms with van der Waals surface area (Å²) in [5, 5.41) is 0. The van der Waals surface area contributed by atoms with E-state index < -0.39 is 6.10 Å². The van der Waals surface area contributed by atoms with Gasteiger partial charge in [-0.15, -0.1) is 0 Å². The van der Waals surface area contributed by atoms with Gasteiger partial charge >= 0.3 is 17.9 Å². The molecule has 430 valence electrons. The van der Waals surface area contributed by atoms with E-state index in [0.717, 1.165) is 116 Å². The molecule has 6 nitrogen and oxygen atoms in total. The summed E-state index contributed by atoms with van der Waals surface area (Å²) in [6, 6.07) is 0. The largest absolute Gasteiger partial charge is 0.462 e. The number of hydrogen-bond acceptors (Lipinski definition) is 6. The topological polar surface area (TPSA) is 78.9 Å². The Labute approximate surface area is 464 Å². The van der Waals surface area contributed by atoms with Crippen molar-refractivity contribution in [2.45, 2.75) is 309 Å². The van der Waals surface area contributed by atoms with Crippen LogP contribution in [0.5, 0.6) is 0 Å². The van der Waals surface area contributed by atoms with Gasteiger partial charge in [0.15, 0.2) is 6.10 Å². The zero-order valence-electron chi connectivity index (χ0n) is 49.3. The Hall–Kier alpha value is -3.67. The maximum absolute atomic E-state index is 12.9. The normalized spacial score (nSPS) is 12.7. The van der Waals surface area contributed by atoms with Crippen LogP contribution in [0.15, 0.2) is 97.2 Å². The van der Waals surface area contributed by atoms with Crippen LogP contribution in [0.2, 0.25) is 0 Å². The lowest BCUT2D eigenvalue weighted by Gasteiger charge is -2.18. The van der Waals surface area contributed by atoms with Crippen molar-refractivity contribution in [1.29, 1.82) is 0 Å². The third-order valence-corrected chi connectivity index (χ3v) is 13.5. The summed E-state index contributed by atoms with van der Waals surface area (Å²) in [7, 11) is 0. The summed E-state index contributed by atoms with van der Waals surface area (Å²) in [5.41, 5.74) is 0. The molecule has 0 spiro atoms. The van der Waals surface area contributed by atoms with Crippen LogP contribution in [0.4, 0.5) is 0 Å². The van der Waals surface area contributed by atoms with Crippen molar-refractivity contribution in [2.75, 3.05) is 13.2 Å². The number of hydrogen-bond donors (Lipinski definition) is 0. The lowest BCUT2D eigenvalue weighted by Crippen LogP contribution is -2.30. The smallest absolute Gasteiger partial charge is 0.306 e. The zero-order valence-corrected chi connectivity index (χ0v) is 49.3. The lowest BCUT2D eigenvalue weighted by atomic mass is 10.1. The van der Waals surface area contributed by atoms with E-state index in [-0.39, 0.29) is 31.1 Å². The number of unbranched alkanes of at least 4 members (excludes halogenated alkanes) is 30. The fourth-order valence-electron chi connectivity index (χ4n) is 8.79. The van der Waals surface area contributed by atoms with Crippen LogP contribution >= 0.6 is 0 Å². The maximum Gasteiger partial charge on any atom is 0.306 e. The van der Waals surface area contributed by atoms with Crippen LogP contribution in [0.1, 0.15) is 303 Å². The van der Waals surface area contributed by atoms with E-state index in [0.29, 0.717) is 19.3 Å². The SMILES string of the molecule is CC/C=C\C/C=C\C/C=C\C/C=C\C/C=C\C/C=C\CCCCCCCCC(=O)OCC(COC(=O)CCCCCCC/C=C\CCCCCCCC)OC(=O)CCCCCCCCC/C=C\CCCCCCCC. The average molecular weight is 1040 g/mol. The highest BCUT2D eigenvalue weighted by molar-refractivity contribution is 5.71. The van der Waals surface area contributed by atoms with Crippen molar-refractivity contribution < 1.29 is 28.6 Å². The highest BCUT2D eigenvalue weighted by Crippen LogP contribution is 2.15. The molecule has 0 aromatic heterocycles. The van der Waals surface area contributed by atoms with Gasteiger partial charge in [-0.1, -0.05) is 259 Å². The van der Waals surface area contributed by atoms with E-state index in [1.807, 2.05) is 0 Å². The number of carbonyl (C=O) groups is 3. The first-order valence-electron chi connectivity index (χ1n) is 31.7. The summed E-state index contributed by atoms with van der Waals surface area (Å²) in [5.74, 6) is -0.906.